The van der Waals surface area contributed by atoms with E-state index >= 15 is 0 Å². The minimum absolute atomic E-state index is 0. The molecule has 0 N–H and O–H groups in total. The van der Waals surface area contributed by atoms with Crippen molar-refractivity contribution in [2.24, 2.45) is 0 Å². The fourth-order valence-electron chi connectivity index (χ4n) is 0.708. The van der Waals surface area contributed by atoms with Gasteiger partial charge in [-0.15, -0.1) is 6.07 Å². The van der Waals surface area contributed by atoms with Gasteiger partial charge < -0.3 is 0 Å². The fourth-order valence-corrected chi connectivity index (χ4v) is 1.43. The zero-order valence-corrected chi connectivity index (χ0v) is 13.6. The fraction of sp³-hybridized carbons (Fsp3) is 0.143. The van der Waals surface area contributed by atoms with Crippen LogP contribution in [-0.2, 0) is 6.18 Å². The zero-order chi connectivity index (χ0) is 9.35. The number of alkyl halides is 3. The van der Waals surface area contributed by atoms with Gasteiger partial charge in [-0.2, -0.15) is 25.3 Å². The molecular formula is C7H2F4IRb. The maximum atomic E-state index is 12.6. The topological polar surface area (TPSA) is 0 Å². The van der Waals surface area contributed by atoms with Crippen molar-refractivity contribution in [3.05, 3.63) is 33.1 Å². The van der Waals surface area contributed by atoms with Crippen LogP contribution in [0.25, 0.3) is 0 Å². The summed E-state index contributed by atoms with van der Waals surface area (Å²) in [6.45, 7) is 0. The smallest absolute Gasteiger partial charge is 0.235 e. The zero-order valence-electron chi connectivity index (χ0n) is 6.54. The van der Waals surface area contributed by atoms with Gasteiger partial charge in [-0.25, -0.2) is 4.39 Å². The largest absolute Gasteiger partial charge is 1.00 e. The number of halogens is 5. The summed E-state index contributed by atoms with van der Waals surface area (Å²) >= 11 is 1.43. The summed E-state index contributed by atoms with van der Waals surface area (Å²) in [5.74, 6) is -1.35. The summed E-state index contributed by atoms with van der Waals surface area (Å²) in [6.07, 6.45) is -4.64. The van der Waals surface area contributed by atoms with E-state index in [1.54, 1.807) is 0 Å². The van der Waals surface area contributed by atoms with Crippen molar-refractivity contribution in [1.82, 2.24) is 0 Å². The number of rotatable bonds is 0. The molecule has 0 saturated carbocycles. The Hall–Kier alpha value is 1.48. The van der Waals surface area contributed by atoms with Crippen molar-refractivity contribution in [3.63, 3.8) is 0 Å². The Morgan fingerprint density at radius 1 is 1.31 bits per heavy atom. The van der Waals surface area contributed by atoms with Gasteiger partial charge in [-0.05, 0) is 5.56 Å². The van der Waals surface area contributed by atoms with Crippen molar-refractivity contribution < 1.29 is 75.7 Å². The predicted octanol–water partition coefficient (Wildman–Crippen LogP) is 0.253. The molecule has 0 aliphatic carbocycles. The molecule has 66 valence electrons. The van der Waals surface area contributed by atoms with Crippen LogP contribution in [0.3, 0.4) is 0 Å². The van der Waals surface area contributed by atoms with Crippen molar-refractivity contribution in [3.8, 4) is 0 Å². The van der Waals surface area contributed by atoms with Crippen molar-refractivity contribution in [2.75, 3.05) is 0 Å². The SMILES string of the molecule is Fc1[c-]ccc(I)c1C(F)(F)F.[Rb+]. The van der Waals surface area contributed by atoms with Crippen molar-refractivity contribution in [1.29, 1.82) is 0 Å². The molecule has 0 spiro atoms. The molecule has 0 radical (unpaired) electrons. The van der Waals surface area contributed by atoms with Gasteiger partial charge in [0, 0.05) is 5.82 Å². The molecule has 0 aliphatic rings. The van der Waals surface area contributed by atoms with Gasteiger partial charge in [0.2, 0.25) is 0 Å². The molecule has 0 saturated heterocycles. The quantitative estimate of drug-likeness (QED) is 0.347. The van der Waals surface area contributed by atoms with Crippen molar-refractivity contribution >= 4 is 22.6 Å². The molecular weight excluding hydrogens is 372 g/mol. The van der Waals surface area contributed by atoms with Crippen LogP contribution in [0.5, 0.6) is 0 Å². The van der Waals surface area contributed by atoms with Crippen molar-refractivity contribution in [2.45, 2.75) is 6.18 Å². The normalized spacial score (nSPS) is 10.8. The molecule has 0 atom stereocenters. The average molecular weight is 374 g/mol. The van der Waals surface area contributed by atoms with Crippen LogP contribution in [0.1, 0.15) is 5.56 Å². The Bertz CT molecular complexity index is 277. The summed E-state index contributed by atoms with van der Waals surface area (Å²) in [7, 11) is 0. The standard InChI is InChI=1S/C7H2F4I.Rb/c8-4-2-1-3-5(12)6(4)7(9,10)11;/h1,3H;/q-1;+1. The van der Waals surface area contributed by atoms with Crippen LogP contribution < -0.4 is 58.2 Å². The molecule has 0 bridgehead atoms. The van der Waals surface area contributed by atoms with Crippen LogP contribution in [0.2, 0.25) is 0 Å². The summed E-state index contributed by atoms with van der Waals surface area (Å²) in [4.78, 5) is 0. The maximum absolute atomic E-state index is 12.6. The van der Waals surface area contributed by atoms with Crippen LogP contribution >= 0.6 is 22.6 Å². The second-order valence-electron chi connectivity index (χ2n) is 2.01. The summed E-state index contributed by atoms with van der Waals surface area (Å²) in [5.41, 5.74) is -1.24. The molecule has 1 rings (SSSR count). The minimum Gasteiger partial charge on any atom is -0.235 e. The van der Waals surface area contributed by atoms with E-state index in [1.807, 2.05) is 6.07 Å². The Morgan fingerprint density at radius 2 is 1.85 bits per heavy atom. The first-order valence-electron chi connectivity index (χ1n) is 2.86. The first-order valence-corrected chi connectivity index (χ1v) is 3.93. The summed E-state index contributed by atoms with van der Waals surface area (Å²) in [5, 5.41) is 0. The van der Waals surface area contributed by atoms with Gasteiger partial charge in [0.15, 0.2) is 0 Å². The number of benzene rings is 1. The monoisotopic (exact) mass is 374 g/mol. The first kappa shape index (κ1) is 14.5. The van der Waals surface area contributed by atoms with Crippen LogP contribution in [0.15, 0.2) is 12.1 Å². The van der Waals surface area contributed by atoms with Gasteiger partial charge in [0.1, 0.15) is 0 Å². The third-order valence-corrected chi connectivity index (χ3v) is 2.08. The molecule has 0 amide bonds. The van der Waals surface area contributed by atoms with E-state index < -0.39 is 17.6 Å². The molecule has 13 heavy (non-hydrogen) atoms. The third-order valence-electron chi connectivity index (χ3n) is 1.18. The van der Waals surface area contributed by atoms with E-state index in [0.717, 1.165) is 12.1 Å². The van der Waals surface area contributed by atoms with Gasteiger partial charge >= 0.3 is 64.4 Å². The summed E-state index contributed by atoms with van der Waals surface area (Å²) in [6, 6.07) is 4.13. The molecule has 1 aromatic carbocycles. The second kappa shape index (κ2) is 5.53. The Balaban J connectivity index is 0.00000144. The molecule has 0 heterocycles. The average Bonchev–Trinajstić information content (AvgIpc) is 1.82. The van der Waals surface area contributed by atoms with Gasteiger partial charge in [-0.1, -0.05) is 26.2 Å². The maximum Gasteiger partial charge on any atom is 1.00 e. The number of hydrogen-bond acceptors (Lipinski definition) is 0. The van der Waals surface area contributed by atoms with E-state index in [9.17, 15) is 17.6 Å². The molecule has 6 heteroatoms. The van der Waals surface area contributed by atoms with Gasteiger partial charge in [0.25, 0.3) is 0 Å². The molecule has 0 fully saturated rings. The van der Waals surface area contributed by atoms with Gasteiger partial charge in [0.05, 0.1) is 0 Å². The Labute approximate surface area is 135 Å². The predicted molar refractivity (Wildman–Crippen MR) is 43.0 cm³/mol. The Kier molecular flexibility index (Phi) is 6.16. The van der Waals surface area contributed by atoms with Crippen LogP contribution in [-0.4, -0.2) is 0 Å². The number of hydrogen-bond donors (Lipinski definition) is 0. The molecule has 0 aromatic heterocycles. The minimum atomic E-state index is -4.64. The second-order valence-corrected chi connectivity index (χ2v) is 3.17. The molecule has 0 unspecified atom stereocenters. The van der Waals surface area contributed by atoms with Crippen LogP contribution in [0, 0.1) is 15.5 Å². The van der Waals surface area contributed by atoms with E-state index in [0.29, 0.717) is 0 Å². The molecule has 0 nitrogen and oxygen atoms in total. The molecule has 1 aromatic rings. The third kappa shape index (κ3) is 3.85. The van der Waals surface area contributed by atoms with Crippen LogP contribution in [0.4, 0.5) is 17.6 Å². The molecule has 0 aliphatic heterocycles. The van der Waals surface area contributed by atoms with E-state index in [4.69, 9.17) is 0 Å². The van der Waals surface area contributed by atoms with E-state index in [2.05, 4.69) is 0 Å². The first-order chi connectivity index (χ1) is 5.43. The summed E-state index contributed by atoms with van der Waals surface area (Å²) < 4.78 is 48.5. The van der Waals surface area contributed by atoms with E-state index in [-0.39, 0.29) is 61.8 Å². The van der Waals surface area contributed by atoms with Gasteiger partial charge in [-0.3, -0.25) is 0 Å². The van der Waals surface area contributed by atoms with E-state index in [1.165, 1.54) is 22.6 Å². The Morgan fingerprint density at radius 3 is 2.15 bits per heavy atom.